The van der Waals surface area contributed by atoms with Crippen molar-refractivity contribution in [3.8, 4) is 11.3 Å². The molecule has 134 valence electrons. The first kappa shape index (κ1) is 16.3. The van der Waals surface area contributed by atoms with E-state index >= 15 is 0 Å². The zero-order valence-electron chi connectivity index (χ0n) is 14.8. The molecule has 5 rings (SSSR count). The van der Waals surface area contributed by atoms with Gasteiger partial charge in [0.1, 0.15) is 5.69 Å². The lowest BCUT2D eigenvalue weighted by molar-refractivity contribution is 0.423. The third kappa shape index (κ3) is 2.84. The maximum atomic E-state index is 5.99. The molecule has 0 radical (unpaired) electrons. The lowest BCUT2D eigenvalue weighted by Gasteiger charge is -2.28. The molecule has 5 nitrogen and oxygen atoms in total. The summed E-state index contributed by atoms with van der Waals surface area (Å²) in [5, 5.41) is 5.04. The third-order valence-corrected chi connectivity index (χ3v) is 5.22. The van der Waals surface area contributed by atoms with Crippen molar-refractivity contribution in [2.45, 2.75) is 19.9 Å². The first-order valence-corrected chi connectivity index (χ1v) is 9.28. The van der Waals surface area contributed by atoms with E-state index in [0.717, 1.165) is 52.5 Å². The number of hydrogen-bond donors (Lipinski definition) is 0. The van der Waals surface area contributed by atoms with Gasteiger partial charge in [-0.2, -0.15) is 0 Å². The normalized spacial score (nSPS) is 13.8. The average molecular weight is 377 g/mol. The maximum Gasteiger partial charge on any atom is 0.170 e. The molecule has 2 aromatic heterocycles. The summed E-state index contributed by atoms with van der Waals surface area (Å²) in [5.74, 6) is 1.75. The van der Waals surface area contributed by atoms with Crippen molar-refractivity contribution in [2.75, 3.05) is 11.4 Å². The molecule has 0 atom stereocenters. The Morgan fingerprint density at radius 1 is 1.00 bits per heavy atom. The Morgan fingerprint density at radius 2 is 1.74 bits per heavy atom. The molecule has 3 heterocycles. The maximum absolute atomic E-state index is 5.99. The summed E-state index contributed by atoms with van der Waals surface area (Å²) in [5.41, 5.74) is 5.89. The Balaban J connectivity index is 1.49. The topological polar surface area (TPSA) is 55.1 Å². The average Bonchev–Trinajstić information content (AvgIpc) is 3.11. The number of anilines is 1. The van der Waals surface area contributed by atoms with Gasteiger partial charge in [0, 0.05) is 22.7 Å². The quantitative estimate of drug-likeness (QED) is 0.502. The molecule has 0 bridgehead atoms. The van der Waals surface area contributed by atoms with Gasteiger partial charge in [0.2, 0.25) is 0 Å². The van der Waals surface area contributed by atoms with Crippen LogP contribution >= 0.6 is 11.6 Å². The molecule has 0 fully saturated rings. The van der Waals surface area contributed by atoms with Crippen molar-refractivity contribution in [1.29, 1.82) is 0 Å². The zero-order valence-corrected chi connectivity index (χ0v) is 15.6. The molecule has 6 heteroatoms. The van der Waals surface area contributed by atoms with Crippen molar-refractivity contribution < 1.29 is 4.52 Å². The lowest BCUT2D eigenvalue weighted by Crippen LogP contribution is -2.31. The van der Waals surface area contributed by atoms with Crippen LogP contribution < -0.4 is 4.90 Å². The summed E-state index contributed by atoms with van der Waals surface area (Å²) in [6.45, 7) is 3.52. The molecule has 0 unspecified atom stereocenters. The molecule has 1 aliphatic rings. The molecule has 0 N–H and O–H groups in total. The monoisotopic (exact) mass is 376 g/mol. The number of halogens is 1. The Kier molecular flexibility index (Phi) is 3.83. The molecular formula is C21H17ClN4O. The van der Waals surface area contributed by atoms with Crippen molar-refractivity contribution >= 4 is 28.5 Å². The van der Waals surface area contributed by atoms with Gasteiger partial charge in [-0.3, -0.25) is 0 Å². The zero-order chi connectivity index (χ0) is 18.4. The summed E-state index contributed by atoms with van der Waals surface area (Å²) in [4.78, 5) is 11.8. The van der Waals surface area contributed by atoms with Crippen LogP contribution in [-0.2, 0) is 13.0 Å². The number of hydrogen-bond acceptors (Lipinski definition) is 5. The second-order valence-electron chi connectivity index (χ2n) is 6.74. The minimum absolute atomic E-state index is 0.667. The standard InChI is InChI=1S/C21H17ClN4O/c1-13-21(24-18-5-3-2-4-17(18)23-13)26-11-10-16-19(12-26)25-27-20(16)14-6-8-15(22)9-7-14/h2-9H,10-12H2,1H3. The number of para-hydroxylation sites is 2. The van der Waals surface area contributed by atoms with E-state index in [1.165, 1.54) is 5.56 Å². The van der Waals surface area contributed by atoms with Crippen LogP contribution in [0.4, 0.5) is 5.82 Å². The molecule has 0 spiro atoms. The van der Waals surface area contributed by atoms with Crippen molar-refractivity contribution in [3.63, 3.8) is 0 Å². The van der Waals surface area contributed by atoms with E-state index in [-0.39, 0.29) is 0 Å². The van der Waals surface area contributed by atoms with Gasteiger partial charge in [0.15, 0.2) is 11.6 Å². The van der Waals surface area contributed by atoms with Gasteiger partial charge in [0.25, 0.3) is 0 Å². The van der Waals surface area contributed by atoms with Gasteiger partial charge in [-0.05, 0) is 49.7 Å². The SMILES string of the molecule is Cc1nc2ccccc2nc1N1CCc2c(noc2-c2ccc(Cl)cc2)C1. The van der Waals surface area contributed by atoms with E-state index in [1.807, 2.05) is 55.5 Å². The number of fused-ring (bicyclic) bond motifs is 2. The van der Waals surface area contributed by atoms with E-state index in [0.29, 0.717) is 11.6 Å². The van der Waals surface area contributed by atoms with E-state index in [1.54, 1.807) is 0 Å². The van der Waals surface area contributed by atoms with Crippen LogP contribution in [0.3, 0.4) is 0 Å². The number of aryl methyl sites for hydroxylation is 1. The number of aromatic nitrogens is 3. The Morgan fingerprint density at radius 3 is 2.52 bits per heavy atom. The highest BCUT2D eigenvalue weighted by atomic mass is 35.5. The second kappa shape index (κ2) is 6.35. The summed E-state index contributed by atoms with van der Waals surface area (Å²) in [7, 11) is 0. The Hall–Kier alpha value is -2.92. The van der Waals surface area contributed by atoms with E-state index in [4.69, 9.17) is 26.1 Å². The molecule has 27 heavy (non-hydrogen) atoms. The van der Waals surface area contributed by atoms with Gasteiger partial charge in [-0.15, -0.1) is 0 Å². The first-order chi connectivity index (χ1) is 13.2. The summed E-state index contributed by atoms with van der Waals surface area (Å²) in [6, 6.07) is 15.6. The first-order valence-electron chi connectivity index (χ1n) is 8.91. The molecule has 0 saturated carbocycles. The van der Waals surface area contributed by atoms with Gasteiger partial charge < -0.3 is 9.42 Å². The van der Waals surface area contributed by atoms with Crippen molar-refractivity contribution in [1.82, 2.24) is 15.1 Å². The predicted octanol–water partition coefficient (Wildman–Crippen LogP) is 4.81. The van der Waals surface area contributed by atoms with Crippen molar-refractivity contribution in [2.24, 2.45) is 0 Å². The van der Waals surface area contributed by atoms with Crippen molar-refractivity contribution in [3.05, 3.63) is 70.5 Å². The van der Waals surface area contributed by atoms with E-state index < -0.39 is 0 Å². The fourth-order valence-corrected chi connectivity index (χ4v) is 3.74. The molecule has 0 saturated heterocycles. The second-order valence-corrected chi connectivity index (χ2v) is 7.17. The Labute approximate surface area is 161 Å². The Bertz CT molecular complexity index is 1140. The van der Waals surface area contributed by atoms with E-state index in [9.17, 15) is 0 Å². The molecule has 4 aromatic rings. The molecule has 0 aliphatic carbocycles. The van der Waals surface area contributed by atoms with Gasteiger partial charge in [-0.1, -0.05) is 28.9 Å². The third-order valence-electron chi connectivity index (χ3n) is 4.97. The summed E-state index contributed by atoms with van der Waals surface area (Å²) < 4.78 is 5.67. The molecule has 2 aromatic carbocycles. The fourth-order valence-electron chi connectivity index (χ4n) is 3.62. The van der Waals surface area contributed by atoms with Crippen LogP contribution in [0.15, 0.2) is 53.1 Å². The fraction of sp³-hybridized carbons (Fsp3) is 0.190. The van der Waals surface area contributed by atoms with Crippen LogP contribution in [0, 0.1) is 6.92 Å². The summed E-state index contributed by atoms with van der Waals surface area (Å²) in [6.07, 6.45) is 0.852. The molecule has 1 aliphatic heterocycles. The minimum Gasteiger partial charge on any atom is -0.356 e. The number of rotatable bonds is 2. The predicted molar refractivity (Wildman–Crippen MR) is 106 cm³/mol. The van der Waals surface area contributed by atoms with Gasteiger partial charge >= 0.3 is 0 Å². The van der Waals surface area contributed by atoms with Crippen LogP contribution in [0.25, 0.3) is 22.4 Å². The van der Waals surface area contributed by atoms with Gasteiger partial charge in [0.05, 0.1) is 23.3 Å². The summed E-state index contributed by atoms with van der Waals surface area (Å²) >= 11 is 5.99. The highest BCUT2D eigenvalue weighted by Crippen LogP contribution is 2.33. The van der Waals surface area contributed by atoms with E-state index in [2.05, 4.69) is 10.1 Å². The van der Waals surface area contributed by atoms with Gasteiger partial charge in [-0.25, -0.2) is 9.97 Å². The lowest BCUT2D eigenvalue weighted by atomic mass is 10.0. The number of benzene rings is 2. The van der Waals surface area contributed by atoms with Crippen LogP contribution in [-0.4, -0.2) is 21.7 Å². The largest absolute Gasteiger partial charge is 0.356 e. The van der Waals surface area contributed by atoms with Crippen LogP contribution in [0.1, 0.15) is 17.0 Å². The molecular weight excluding hydrogens is 360 g/mol. The number of nitrogens with zero attached hydrogens (tertiary/aromatic N) is 4. The minimum atomic E-state index is 0.667. The highest BCUT2D eigenvalue weighted by molar-refractivity contribution is 6.30. The molecule has 0 amide bonds. The van der Waals surface area contributed by atoms with Crippen LogP contribution in [0.5, 0.6) is 0 Å². The smallest absolute Gasteiger partial charge is 0.170 e. The highest BCUT2D eigenvalue weighted by Gasteiger charge is 2.26. The van der Waals surface area contributed by atoms with Crippen LogP contribution in [0.2, 0.25) is 5.02 Å².